The normalized spacial score (nSPS) is 11.3. The number of fused-ring (bicyclic) bond motifs is 2. The lowest BCUT2D eigenvalue weighted by molar-refractivity contribution is 0.559. The van der Waals surface area contributed by atoms with Gasteiger partial charge in [0, 0.05) is 11.5 Å². The maximum absolute atomic E-state index is 11.7. The summed E-state index contributed by atoms with van der Waals surface area (Å²) in [7, 11) is 0. The van der Waals surface area contributed by atoms with Gasteiger partial charge in [0.1, 0.15) is 11.1 Å². The first-order valence-corrected chi connectivity index (χ1v) is 6.61. The quantitative estimate of drug-likeness (QED) is 0.495. The summed E-state index contributed by atoms with van der Waals surface area (Å²) < 4.78 is 11.0. The van der Waals surface area contributed by atoms with E-state index in [1.807, 2.05) is 43.3 Å². The number of hydrogen-bond donors (Lipinski definition) is 0. The van der Waals surface area contributed by atoms with Crippen LogP contribution in [0.4, 0.5) is 0 Å². The van der Waals surface area contributed by atoms with E-state index in [-0.39, 0.29) is 0 Å². The van der Waals surface area contributed by atoms with Crippen molar-refractivity contribution in [3.05, 3.63) is 64.5 Å². The van der Waals surface area contributed by atoms with Crippen LogP contribution in [0.5, 0.6) is 0 Å². The first-order valence-electron chi connectivity index (χ1n) is 6.61. The minimum Gasteiger partial charge on any atom is -0.436 e. The molecule has 0 aliphatic heterocycles. The Bertz CT molecular complexity index is 1030. The highest BCUT2D eigenvalue weighted by Crippen LogP contribution is 2.29. The van der Waals surface area contributed by atoms with E-state index in [0.717, 1.165) is 16.5 Å². The van der Waals surface area contributed by atoms with Crippen LogP contribution in [0.1, 0.15) is 5.56 Å². The van der Waals surface area contributed by atoms with Crippen LogP contribution in [0.2, 0.25) is 0 Å². The zero-order chi connectivity index (χ0) is 14.4. The second kappa shape index (κ2) is 4.31. The maximum Gasteiger partial charge on any atom is 0.337 e. The molecule has 4 rings (SSSR count). The summed E-state index contributed by atoms with van der Waals surface area (Å²) in [6.07, 6.45) is 0. The molecule has 0 N–H and O–H groups in total. The first kappa shape index (κ1) is 11.9. The van der Waals surface area contributed by atoms with Gasteiger partial charge >= 0.3 is 5.63 Å². The average Bonchev–Trinajstić information content (AvgIpc) is 2.89. The lowest BCUT2D eigenvalue weighted by Gasteiger charge is -2.00. The molecule has 102 valence electrons. The Labute approximate surface area is 119 Å². The summed E-state index contributed by atoms with van der Waals surface area (Å²) in [5, 5.41) is 0.806. The third-order valence-electron chi connectivity index (χ3n) is 3.42. The van der Waals surface area contributed by atoms with Crippen LogP contribution in [0.15, 0.2) is 62.2 Å². The number of benzene rings is 2. The Balaban J connectivity index is 2.06. The number of nitrogens with zero attached hydrogens (tertiary/aromatic N) is 1. The number of para-hydroxylation sites is 1. The van der Waals surface area contributed by atoms with Crippen LogP contribution in [-0.2, 0) is 0 Å². The van der Waals surface area contributed by atoms with Crippen LogP contribution < -0.4 is 5.63 Å². The standard InChI is InChI=1S/C17H11NO3/c1-10-6-7-15-13(8-10)18-17(21-15)12-9-16(19)20-14-5-3-2-4-11(12)14/h2-9H,1H3. The molecule has 0 atom stereocenters. The van der Waals surface area contributed by atoms with Gasteiger partial charge in [0.05, 0.1) is 5.56 Å². The fourth-order valence-electron chi connectivity index (χ4n) is 2.44. The molecule has 4 heteroatoms. The summed E-state index contributed by atoms with van der Waals surface area (Å²) in [6, 6.07) is 14.6. The van der Waals surface area contributed by atoms with Crippen LogP contribution in [0.25, 0.3) is 33.5 Å². The van der Waals surface area contributed by atoms with Gasteiger partial charge in [0.15, 0.2) is 5.58 Å². The molecule has 0 aliphatic rings. The molecule has 0 aliphatic carbocycles. The maximum atomic E-state index is 11.7. The van der Waals surface area contributed by atoms with Gasteiger partial charge < -0.3 is 8.83 Å². The van der Waals surface area contributed by atoms with E-state index < -0.39 is 5.63 Å². The Morgan fingerprint density at radius 1 is 0.952 bits per heavy atom. The molecule has 0 saturated heterocycles. The molecular formula is C17H11NO3. The summed E-state index contributed by atoms with van der Waals surface area (Å²) in [6.45, 7) is 2.00. The average molecular weight is 277 g/mol. The molecule has 0 bridgehead atoms. The van der Waals surface area contributed by atoms with Crippen molar-refractivity contribution in [1.29, 1.82) is 0 Å². The highest BCUT2D eigenvalue weighted by molar-refractivity contribution is 5.92. The van der Waals surface area contributed by atoms with Crippen molar-refractivity contribution in [3.8, 4) is 11.5 Å². The minimum absolute atomic E-state index is 0.415. The van der Waals surface area contributed by atoms with E-state index in [0.29, 0.717) is 22.6 Å². The highest BCUT2D eigenvalue weighted by atomic mass is 16.4. The molecule has 0 amide bonds. The van der Waals surface area contributed by atoms with Gasteiger partial charge in [0.2, 0.25) is 5.89 Å². The van der Waals surface area contributed by atoms with E-state index in [4.69, 9.17) is 8.83 Å². The van der Waals surface area contributed by atoms with Crippen molar-refractivity contribution in [2.75, 3.05) is 0 Å². The molecule has 21 heavy (non-hydrogen) atoms. The lowest BCUT2D eigenvalue weighted by atomic mass is 10.1. The van der Waals surface area contributed by atoms with E-state index in [1.165, 1.54) is 6.07 Å². The molecule has 2 aromatic heterocycles. The van der Waals surface area contributed by atoms with Crippen molar-refractivity contribution in [3.63, 3.8) is 0 Å². The Morgan fingerprint density at radius 3 is 2.71 bits per heavy atom. The van der Waals surface area contributed by atoms with E-state index in [1.54, 1.807) is 6.07 Å². The fraction of sp³-hybridized carbons (Fsp3) is 0.0588. The van der Waals surface area contributed by atoms with Crippen LogP contribution in [-0.4, -0.2) is 4.98 Å². The van der Waals surface area contributed by atoms with Gasteiger partial charge in [-0.3, -0.25) is 0 Å². The van der Waals surface area contributed by atoms with Gasteiger partial charge in [-0.15, -0.1) is 0 Å². The molecule has 2 aromatic carbocycles. The predicted octanol–water partition coefficient (Wildman–Crippen LogP) is 3.91. The topological polar surface area (TPSA) is 56.2 Å². The fourth-order valence-corrected chi connectivity index (χ4v) is 2.44. The molecular weight excluding hydrogens is 266 g/mol. The van der Waals surface area contributed by atoms with Crippen LogP contribution >= 0.6 is 0 Å². The van der Waals surface area contributed by atoms with E-state index >= 15 is 0 Å². The molecule has 0 spiro atoms. The largest absolute Gasteiger partial charge is 0.436 e. The van der Waals surface area contributed by atoms with Crippen molar-refractivity contribution < 1.29 is 8.83 Å². The van der Waals surface area contributed by atoms with E-state index in [2.05, 4.69) is 4.98 Å². The van der Waals surface area contributed by atoms with Gasteiger partial charge in [0.25, 0.3) is 0 Å². The lowest BCUT2D eigenvalue weighted by Crippen LogP contribution is -1.97. The Kier molecular flexibility index (Phi) is 2.44. The second-order valence-corrected chi connectivity index (χ2v) is 4.97. The predicted molar refractivity (Wildman–Crippen MR) is 80.2 cm³/mol. The SMILES string of the molecule is Cc1ccc2oc(-c3cc(=O)oc4ccccc34)nc2c1. The number of rotatable bonds is 1. The van der Waals surface area contributed by atoms with Crippen LogP contribution in [0.3, 0.4) is 0 Å². The van der Waals surface area contributed by atoms with E-state index in [9.17, 15) is 4.79 Å². The zero-order valence-corrected chi connectivity index (χ0v) is 11.3. The monoisotopic (exact) mass is 277 g/mol. The minimum atomic E-state index is -0.415. The number of aromatic nitrogens is 1. The smallest absolute Gasteiger partial charge is 0.337 e. The van der Waals surface area contributed by atoms with Crippen molar-refractivity contribution in [2.24, 2.45) is 0 Å². The van der Waals surface area contributed by atoms with Gasteiger partial charge in [-0.1, -0.05) is 24.3 Å². The highest BCUT2D eigenvalue weighted by Gasteiger charge is 2.13. The Hall–Kier alpha value is -2.88. The number of oxazole rings is 1. The van der Waals surface area contributed by atoms with Crippen molar-refractivity contribution in [2.45, 2.75) is 6.92 Å². The Morgan fingerprint density at radius 2 is 1.81 bits per heavy atom. The summed E-state index contributed by atoms with van der Waals surface area (Å²) in [5.74, 6) is 0.430. The summed E-state index contributed by atoms with van der Waals surface area (Å²) >= 11 is 0. The molecule has 4 nitrogen and oxygen atoms in total. The number of hydrogen-bond acceptors (Lipinski definition) is 4. The van der Waals surface area contributed by atoms with Crippen LogP contribution in [0, 0.1) is 6.92 Å². The zero-order valence-electron chi connectivity index (χ0n) is 11.3. The second-order valence-electron chi connectivity index (χ2n) is 4.97. The number of aryl methyl sites for hydroxylation is 1. The van der Waals surface area contributed by atoms with Crippen molar-refractivity contribution >= 4 is 22.1 Å². The van der Waals surface area contributed by atoms with Crippen molar-refractivity contribution in [1.82, 2.24) is 4.98 Å². The van der Waals surface area contributed by atoms with Gasteiger partial charge in [-0.2, -0.15) is 0 Å². The molecule has 0 saturated carbocycles. The third kappa shape index (κ3) is 1.92. The molecule has 4 aromatic rings. The third-order valence-corrected chi connectivity index (χ3v) is 3.42. The molecule has 0 fully saturated rings. The van der Waals surface area contributed by atoms with Gasteiger partial charge in [-0.25, -0.2) is 9.78 Å². The molecule has 2 heterocycles. The summed E-state index contributed by atoms with van der Waals surface area (Å²) in [4.78, 5) is 16.2. The molecule has 0 unspecified atom stereocenters. The first-order chi connectivity index (χ1) is 10.2. The summed E-state index contributed by atoms with van der Waals surface area (Å²) in [5.41, 5.74) is 3.35. The van der Waals surface area contributed by atoms with Gasteiger partial charge in [-0.05, 0) is 30.7 Å². The molecule has 0 radical (unpaired) electrons.